The molecule has 0 aliphatic rings. The van der Waals surface area contributed by atoms with Crippen molar-refractivity contribution in [2.45, 2.75) is 26.3 Å². The molecule has 2 rings (SSSR count). The van der Waals surface area contributed by atoms with Gasteiger partial charge in [0.15, 0.2) is 0 Å². The van der Waals surface area contributed by atoms with Crippen molar-refractivity contribution in [3.8, 4) is 0 Å². The summed E-state index contributed by atoms with van der Waals surface area (Å²) in [5, 5.41) is 10.5. The molecule has 2 heterocycles. The summed E-state index contributed by atoms with van der Waals surface area (Å²) in [5.74, 6) is -0.350. The first-order valence-corrected chi connectivity index (χ1v) is 6.83. The highest BCUT2D eigenvalue weighted by Gasteiger charge is 2.18. The molecule has 2 aromatic heterocycles. The highest BCUT2D eigenvalue weighted by Crippen LogP contribution is 2.06. The predicted octanol–water partition coefficient (Wildman–Crippen LogP) is 0.739. The molecule has 2 aromatic rings. The molecule has 0 saturated heterocycles. The second-order valence-corrected chi connectivity index (χ2v) is 5.09. The van der Waals surface area contributed by atoms with E-state index in [1.807, 2.05) is 18.4 Å². The summed E-state index contributed by atoms with van der Waals surface area (Å²) >= 11 is 0. The SMILES string of the molecule is CC(C)n1cnnc1CCNC(=O)C(=O)c1cccn1C. The number of hydrogen-bond acceptors (Lipinski definition) is 4. The second kappa shape index (κ2) is 6.34. The van der Waals surface area contributed by atoms with Crippen LogP contribution in [0, 0.1) is 0 Å². The number of ketones is 1. The Bertz CT molecular complexity index is 641. The van der Waals surface area contributed by atoms with E-state index < -0.39 is 11.7 Å². The van der Waals surface area contributed by atoms with E-state index in [2.05, 4.69) is 15.5 Å². The van der Waals surface area contributed by atoms with E-state index in [1.165, 1.54) is 0 Å². The highest BCUT2D eigenvalue weighted by atomic mass is 16.2. The summed E-state index contributed by atoms with van der Waals surface area (Å²) in [6.07, 6.45) is 3.92. The quantitative estimate of drug-likeness (QED) is 0.628. The molecule has 0 fully saturated rings. The van der Waals surface area contributed by atoms with Gasteiger partial charge in [-0.2, -0.15) is 0 Å². The van der Waals surface area contributed by atoms with Gasteiger partial charge in [-0.3, -0.25) is 9.59 Å². The third-order valence-corrected chi connectivity index (χ3v) is 3.22. The number of rotatable bonds is 6. The van der Waals surface area contributed by atoms with Crippen LogP contribution in [0.3, 0.4) is 0 Å². The molecule has 0 atom stereocenters. The third kappa shape index (κ3) is 3.36. The molecule has 112 valence electrons. The molecule has 1 amide bonds. The van der Waals surface area contributed by atoms with E-state index in [0.717, 1.165) is 5.82 Å². The van der Waals surface area contributed by atoms with Gasteiger partial charge in [-0.15, -0.1) is 10.2 Å². The zero-order valence-electron chi connectivity index (χ0n) is 12.4. The lowest BCUT2D eigenvalue weighted by atomic mass is 10.2. The summed E-state index contributed by atoms with van der Waals surface area (Å²) in [6.45, 7) is 4.41. The second-order valence-electron chi connectivity index (χ2n) is 5.09. The first-order chi connectivity index (χ1) is 10.0. The first kappa shape index (κ1) is 15.0. The Kier molecular flexibility index (Phi) is 4.52. The molecule has 7 nitrogen and oxygen atoms in total. The average molecular weight is 289 g/mol. The van der Waals surface area contributed by atoms with Crippen molar-refractivity contribution < 1.29 is 9.59 Å². The van der Waals surface area contributed by atoms with E-state index in [-0.39, 0.29) is 6.04 Å². The van der Waals surface area contributed by atoms with Crippen LogP contribution < -0.4 is 5.32 Å². The Hall–Kier alpha value is -2.44. The standard InChI is InChI=1S/C14H19N5O2/c1-10(2)19-9-16-17-12(19)6-7-15-14(21)13(20)11-5-4-8-18(11)3/h4-5,8-10H,6-7H2,1-3H3,(H,15,21). The summed E-state index contributed by atoms with van der Waals surface area (Å²) in [5.41, 5.74) is 0.373. The number of carbonyl (C=O) groups excluding carboxylic acids is 2. The Labute approximate surface area is 123 Å². The molecule has 7 heteroatoms. The first-order valence-electron chi connectivity index (χ1n) is 6.83. The Balaban J connectivity index is 1.89. The minimum Gasteiger partial charge on any atom is -0.349 e. The maximum atomic E-state index is 11.9. The Morgan fingerprint density at radius 3 is 2.76 bits per heavy atom. The number of hydrogen-bond donors (Lipinski definition) is 1. The van der Waals surface area contributed by atoms with Gasteiger partial charge in [-0.05, 0) is 26.0 Å². The van der Waals surface area contributed by atoms with Gasteiger partial charge in [-0.1, -0.05) is 0 Å². The van der Waals surface area contributed by atoms with Gasteiger partial charge < -0.3 is 14.5 Å². The fourth-order valence-electron chi connectivity index (χ4n) is 2.06. The summed E-state index contributed by atoms with van der Waals surface area (Å²) in [7, 11) is 1.73. The Morgan fingerprint density at radius 1 is 1.38 bits per heavy atom. The largest absolute Gasteiger partial charge is 0.349 e. The molecule has 0 unspecified atom stereocenters. The van der Waals surface area contributed by atoms with Crippen molar-refractivity contribution in [1.82, 2.24) is 24.6 Å². The molecule has 0 aliphatic carbocycles. The maximum Gasteiger partial charge on any atom is 0.294 e. The number of nitrogens with one attached hydrogen (secondary N) is 1. The summed E-state index contributed by atoms with van der Waals surface area (Å²) in [4.78, 5) is 23.8. The number of nitrogens with zero attached hydrogens (tertiary/aromatic N) is 4. The fourth-order valence-corrected chi connectivity index (χ4v) is 2.06. The van der Waals surface area contributed by atoms with E-state index >= 15 is 0 Å². The zero-order chi connectivity index (χ0) is 15.4. The van der Waals surface area contributed by atoms with Crippen LogP contribution in [-0.2, 0) is 18.3 Å². The zero-order valence-corrected chi connectivity index (χ0v) is 12.4. The third-order valence-electron chi connectivity index (χ3n) is 3.22. The molecule has 0 bridgehead atoms. The molecule has 1 N–H and O–H groups in total. The monoisotopic (exact) mass is 289 g/mol. The minimum absolute atomic E-state index is 0.260. The van der Waals surface area contributed by atoms with Gasteiger partial charge in [0.1, 0.15) is 12.2 Å². The van der Waals surface area contributed by atoms with Gasteiger partial charge in [0.25, 0.3) is 11.7 Å². The van der Waals surface area contributed by atoms with Gasteiger partial charge in [-0.25, -0.2) is 0 Å². The van der Waals surface area contributed by atoms with E-state index in [0.29, 0.717) is 18.7 Å². The van der Waals surface area contributed by atoms with Crippen LogP contribution in [-0.4, -0.2) is 37.6 Å². The van der Waals surface area contributed by atoms with Crippen molar-refractivity contribution >= 4 is 11.7 Å². The van der Waals surface area contributed by atoms with Gasteiger partial charge in [0, 0.05) is 32.3 Å². The van der Waals surface area contributed by atoms with Gasteiger partial charge >= 0.3 is 0 Å². The summed E-state index contributed by atoms with van der Waals surface area (Å²) in [6, 6.07) is 3.61. The van der Waals surface area contributed by atoms with Crippen LogP contribution in [0.4, 0.5) is 0 Å². The average Bonchev–Trinajstić information content (AvgIpc) is 3.06. The number of Topliss-reactive ketones (excluding diaryl/α,β-unsaturated/α-hetero) is 1. The number of carbonyl (C=O) groups is 2. The van der Waals surface area contributed by atoms with Crippen LogP contribution in [0.1, 0.15) is 36.2 Å². The maximum absolute atomic E-state index is 11.9. The van der Waals surface area contributed by atoms with E-state index in [4.69, 9.17) is 0 Å². The summed E-state index contributed by atoms with van der Waals surface area (Å²) < 4.78 is 3.56. The lowest BCUT2D eigenvalue weighted by Crippen LogP contribution is -2.33. The molecule has 0 spiro atoms. The predicted molar refractivity (Wildman–Crippen MR) is 76.9 cm³/mol. The van der Waals surface area contributed by atoms with Crippen molar-refractivity contribution in [3.63, 3.8) is 0 Å². The Morgan fingerprint density at radius 2 is 2.14 bits per heavy atom. The van der Waals surface area contributed by atoms with Crippen molar-refractivity contribution in [2.24, 2.45) is 7.05 Å². The smallest absolute Gasteiger partial charge is 0.294 e. The van der Waals surface area contributed by atoms with Crippen molar-refractivity contribution in [2.75, 3.05) is 6.54 Å². The molecule has 0 aliphatic heterocycles. The van der Waals surface area contributed by atoms with Crippen LogP contribution >= 0.6 is 0 Å². The molecule has 21 heavy (non-hydrogen) atoms. The lowest BCUT2D eigenvalue weighted by molar-refractivity contribution is -0.117. The molecule has 0 saturated carbocycles. The van der Waals surface area contributed by atoms with Crippen LogP contribution in [0.2, 0.25) is 0 Å². The molecular weight excluding hydrogens is 270 g/mol. The number of aryl methyl sites for hydroxylation is 1. The van der Waals surface area contributed by atoms with Gasteiger partial charge in [0.05, 0.1) is 5.69 Å². The molecular formula is C14H19N5O2. The van der Waals surface area contributed by atoms with Crippen LogP contribution in [0.15, 0.2) is 24.7 Å². The van der Waals surface area contributed by atoms with Crippen molar-refractivity contribution in [1.29, 1.82) is 0 Å². The fraction of sp³-hybridized carbons (Fsp3) is 0.429. The van der Waals surface area contributed by atoms with E-state index in [1.54, 1.807) is 36.3 Å². The number of amides is 1. The highest BCUT2D eigenvalue weighted by molar-refractivity contribution is 6.42. The van der Waals surface area contributed by atoms with Crippen molar-refractivity contribution in [3.05, 3.63) is 36.2 Å². The molecule has 0 radical (unpaired) electrons. The lowest BCUT2D eigenvalue weighted by Gasteiger charge is -2.10. The van der Waals surface area contributed by atoms with Crippen LogP contribution in [0.25, 0.3) is 0 Å². The molecule has 0 aromatic carbocycles. The normalized spacial score (nSPS) is 10.9. The van der Waals surface area contributed by atoms with E-state index in [9.17, 15) is 9.59 Å². The van der Waals surface area contributed by atoms with Gasteiger partial charge in [0.2, 0.25) is 0 Å². The number of aromatic nitrogens is 4. The van der Waals surface area contributed by atoms with Crippen LogP contribution in [0.5, 0.6) is 0 Å². The minimum atomic E-state index is -0.604. The topological polar surface area (TPSA) is 81.8 Å².